The van der Waals surface area contributed by atoms with E-state index in [9.17, 15) is 18.4 Å². The van der Waals surface area contributed by atoms with Crippen LogP contribution in [0, 0.1) is 17.6 Å². The molecule has 34 heavy (non-hydrogen) atoms. The van der Waals surface area contributed by atoms with Crippen LogP contribution < -0.4 is 9.47 Å². The summed E-state index contributed by atoms with van der Waals surface area (Å²) in [5, 5.41) is 0.282. The highest BCUT2D eigenvalue weighted by Gasteiger charge is 2.34. The minimum absolute atomic E-state index is 0.0126. The molecule has 3 heterocycles. The van der Waals surface area contributed by atoms with Gasteiger partial charge < -0.3 is 14.4 Å². The van der Waals surface area contributed by atoms with E-state index in [4.69, 9.17) is 21.1 Å². The summed E-state index contributed by atoms with van der Waals surface area (Å²) in [6.45, 7) is 0.836. The number of rotatable bonds is 5. The number of likely N-dealkylation sites (tertiary alicyclic amines) is 1. The topological polar surface area (TPSA) is 68.7 Å². The van der Waals surface area contributed by atoms with E-state index < -0.39 is 17.5 Å². The molecule has 0 aliphatic carbocycles. The normalized spacial score (nSPS) is 15.4. The summed E-state index contributed by atoms with van der Waals surface area (Å²) in [6, 6.07) is 10.6. The zero-order valence-electron chi connectivity index (χ0n) is 17.9. The van der Waals surface area contributed by atoms with E-state index in [-0.39, 0.29) is 47.8 Å². The molecule has 1 amide bonds. The molecule has 0 saturated carbocycles. The van der Waals surface area contributed by atoms with Gasteiger partial charge in [-0.3, -0.25) is 9.59 Å². The van der Waals surface area contributed by atoms with Crippen molar-refractivity contribution in [3.63, 3.8) is 0 Å². The number of pyridine rings is 1. The van der Waals surface area contributed by atoms with Gasteiger partial charge >= 0.3 is 0 Å². The predicted molar refractivity (Wildman–Crippen MR) is 120 cm³/mol. The fourth-order valence-electron chi connectivity index (χ4n) is 4.06. The Bertz CT molecular complexity index is 1290. The largest absolute Gasteiger partial charge is 0.490 e. The van der Waals surface area contributed by atoms with Crippen molar-refractivity contribution in [3.8, 4) is 22.6 Å². The summed E-state index contributed by atoms with van der Waals surface area (Å²) in [4.78, 5) is 29.8. The van der Waals surface area contributed by atoms with Gasteiger partial charge in [-0.05, 0) is 35.9 Å². The predicted octanol–water partition coefficient (Wildman–Crippen LogP) is 4.34. The van der Waals surface area contributed by atoms with Gasteiger partial charge in [0.1, 0.15) is 23.3 Å². The summed E-state index contributed by atoms with van der Waals surface area (Å²) >= 11 is 6.07. The molecule has 1 saturated heterocycles. The van der Waals surface area contributed by atoms with Gasteiger partial charge in [0, 0.05) is 48.8 Å². The number of hydrogen-bond acceptors (Lipinski definition) is 5. The SMILES string of the molecule is O=C1COc2cc(F)c(C(=O)N3CC(COc4ccc(-c5cccnc5Cl)cc4F)C3)cc2C1. The van der Waals surface area contributed by atoms with E-state index in [1.54, 1.807) is 24.4 Å². The Morgan fingerprint density at radius 3 is 2.76 bits per heavy atom. The van der Waals surface area contributed by atoms with Crippen molar-refractivity contribution in [2.24, 2.45) is 5.92 Å². The molecular weight excluding hydrogens is 466 g/mol. The number of aromatic nitrogens is 1. The standard InChI is InChI=1S/C25H19ClF2N2O4/c26-24-18(2-1-5-29-24)15-3-4-22(21(28)8-15)33-12-14-10-30(11-14)25(32)19-7-16-6-17(31)13-34-23(16)9-20(19)27/h1-5,7-9,14H,6,10-13H2. The summed E-state index contributed by atoms with van der Waals surface area (Å²) in [7, 11) is 0. The van der Waals surface area contributed by atoms with Gasteiger partial charge in [-0.2, -0.15) is 0 Å². The molecule has 0 unspecified atom stereocenters. The molecule has 2 aromatic carbocycles. The van der Waals surface area contributed by atoms with Crippen molar-refractivity contribution >= 4 is 23.3 Å². The Morgan fingerprint density at radius 2 is 2.00 bits per heavy atom. The molecule has 9 heteroatoms. The van der Waals surface area contributed by atoms with Crippen LogP contribution in [-0.2, 0) is 11.2 Å². The summed E-state index contributed by atoms with van der Waals surface area (Å²) in [5.41, 5.74) is 1.62. The first kappa shape index (κ1) is 22.3. The van der Waals surface area contributed by atoms with E-state index >= 15 is 0 Å². The molecule has 0 bridgehead atoms. The molecule has 0 spiro atoms. The van der Waals surface area contributed by atoms with E-state index in [1.807, 2.05) is 0 Å². The second-order valence-corrected chi connectivity index (χ2v) is 8.68. The third-order valence-corrected chi connectivity index (χ3v) is 6.18. The van der Waals surface area contributed by atoms with Crippen molar-refractivity contribution < 1.29 is 27.8 Å². The molecule has 2 aliphatic heterocycles. The number of halogens is 3. The highest BCUT2D eigenvalue weighted by atomic mass is 35.5. The number of carbonyl (C=O) groups excluding carboxylic acids is 2. The molecule has 0 atom stereocenters. The first-order valence-corrected chi connectivity index (χ1v) is 11.1. The summed E-state index contributed by atoms with van der Waals surface area (Å²) < 4.78 is 39.8. The Hall–Kier alpha value is -3.52. The summed E-state index contributed by atoms with van der Waals surface area (Å²) in [6.07, 6.45) is 1.67. The number of ether oxygens (including phenoxy) is 2. The average molecular weight is 485 g/mol. The lowest BCUT2D eigenvalue weighted by atomic mass is 9.97. The molecule has 2 aliphatic rings. The van der Waals surface area contributed by atoms with E-state index in [2.05, 4.69) is 4.98 Å². The Labute approximate surface area is 199 Å². The fourth-order valence-corrected chi connectivity index (χ4v) is 4.29. The molecule has 1 aromatic heterocycles. The van der Waals surface area contributed by atoms with Gasteiger partial charge in [-0.15, -0.1) is 0 Å². The lowest BCUT2D eigenvalue weighted by Crippen LogP contribution is -2.52. The molecular formula is C25H19ClF2N2O4. The van der Waals surface area contributed by atoms with Crippen LogP contribution in [0.5, 0.6) is 11.5 Å². The zero-order chi connectivity index (χ0) is 23.8. The maximum atomic E-state index is 14.5. The second-order valence-electron chi connectivity index (χ2n) is 8.32. The van der Waals surface area contributed by atoms with Crippen LogP contribution in [0.4, 0.5) is 8.78 Å². The van der Waals surface area contributed by atoms with Gasteiger partial charge in [-0.1, -0.05) is 17.7 Å². The first-order valence-electron chi connectivity index (χ1n) is 10.7. The van der Waals surface area contributed by atoms with Crippen LogP contribution >= 0.6 is 11.6 Å². The smallest absolute Gasteiger partial charge is 0.256 e. The first-order chi connectivity index (χ1) is 16.4. The number of nitrogens with zero attached hydrogens (tertiary/aromatic N) is 2. The molecule has 6 nitrogen and oxygen atoms in total. The lowest BCUT2D eigenvalue weighted by Gasteiger charge is -2.39. The van der Waals surface area contributed by atoms with Crippen molar-refractivity contribution in [1.29, 1.82) is 0 Å². The number of fused-ring (bicyclic) bond motifs is 1. The quantitative estimate of drug-likeness (QED) is 0.504. The van der Waals surface area contributed by atoms with Crippen LogP contribution in [-0.4, -0.2) is 47.9 Å². The van der Waals surface area contributed by atoms with E-state index in [1.165, 1.54) is 23.1 Å². The molecule has 174 valence electrons. The number of hydrogen-bond donors (Lipinski definition) is 0. The Balaban J connectivity index is 1.18. The minimum Gasteiger partial charge on any atom is -0.490 e. The fraction of sp³-hybridized carbons (Fsp3) is 0.240. The zero-order valence-corrected chi connectivity index (χ0v) is 18.6. The number of ketones is 1. The number of amides is 1. The highest BCUT2D eigenvalue weighted by molar-refractivity contribution is 6.32. The van der Waals surface area contributed by atoms with Gasteiger partial charge in [0.15, 0.2) is 17.3 Å². The monoisotopic (exact) mass is 484 g/mol. The highest BCUT2D eigenvalue weighted by Crippen LogP contribution is 2.31. The van der Waals surface area contributed by atoms with Crippen LogP contribution in [0.2, 0.25) is 5.15 Å². The second kappa shape index (κ2) is 9.02. The van der Waals surface area contributed by atoms with Crippen LogP contribution in [0.15, 0.2) is 48.7 Å². The van der Waals surface area contributed by atoms with Crippen LogP contribution in [0.3, 0.4) is 0 Å². The van der Waals surface area contributed by atoms with Crippen LogP contribution in [0.25, 0.3) is 11.1 Å². The van der Waals surface area contributed by atoms with Crippen molar-refractivity contribution in [1.82, 2.24) is 9.88 Å². The molecule has 5 rings (SSSR count). The average Bonchev–Trinajstić information content (AvgIpc) is 2.79. The lowest BCUT2D eigenvalue weighted by molar-refractivity contribution is -0.121. The van der Waals surface area contributed by atoms with Gasteiger partial charge in [0.2, 0.25) is 0 Å². The minimum atomic E-state index is -0.686. The van der Waals surface area contributed by atoms with E-state index in [0.717, 1.165) is 6.07 Å². The maximum Gasteiger partial charge on any atom is 0.256 e. The third kappa shape index (κ3) is 4.33. The number of benzene rings is 2. The third-order valence-electron chi connectivity index (χ3n) is 5.88. The van der Waals surface area contributed by atoms with Crippen LogP contribution in [0.1, 0.15) is 15.9 Å². The van der Waals surface area contributed by atoms with Crippen molar-refractivity contribution in [3.05, 3.63) is 76.6 Å². The van der Waals surface area contributed by atoms with Gasteiger partial charge in [-0.25, -0.2) is 13.8 Å². The molecule has 1 fully saturated rings. The van der Waals surface area contributed by atoms with Crippen molar-refractivity contribution in [2.45, 2.75) is 6.42 Å². The summed E-state index contributed by atoms with van der Waals surface area (Å²) in [5.74, 6) is -1.42. The molecule has 0 radical (unpaired) electrons. The van der Waals surface area contributed by atoms with Crippen molar-refractivity contribution in [2.75, 3.05) is 26.3 Å². The Morgan fingerprint density at radius 1 is 1.18 bits per heavy atom. The van der Waals surface area contributed by atoms with Gasteiger partial charge in [0.05, 0.1) is 12.2 Å². The number of carbonyl (C=O) groups is 2. The Kier molecular flexibility index (Phi) is 5.91. The number of Topliss-reactive ketones (excluding diaryl/α,β-unsaturated/α-hetero) is 1. The van der Waals surface area contributed by atoms with E-state index in [0.29, 0.717) is 35.5 Å². The maximum absolute atomic E-state index is 14.5. The molecule has 0 N–H and O–H groups in total. The molecule has 3 aromatic rings. The van der Waals surface area contributed by atoms with Gasteiger partial charge in [0.25, 0.3) is 5.91 Å².